The van der Waals surface area contributed by atoms with Gasteiger partial charge in [-0.25, -0.2) is 13.6 Å². The summed E-state index contributed by atoms with van der Waals surface area (Å²) in [6.07, 6.45) is -2.68. The molecule has 3 aromatic rings. The number of aliphatic hydroxyl groups excluding tert-OH is 1. The van der Waals surface area contributed by atoms with Gasteiger partial charge in [0, 0.05) is 61.8 Å². The molecule has 0 aliphatic heterocycles. The molecule has 3 amide bonds. The first kappa shape index (κ1) is 58.1. The first-order valence-electron chi connectivity index (χ1n) is 22.1. The molecule has 15 nitrogen and oxygen atoms in total. The minimum atomic E-state index is -5.08. The first-order valence-corrected chi connectivity index (χ1v) is 22.1. The van der Waals surface area contributed by atoms with Crippen molar-refractivity contribution in [3.05, 3.63) is 83.7 Å². The van der Waals surface area contributed by atoms with E-state index in [0.29, 0.717) is 37.1 Å². The quantitative estimate of drug-likeness (QED) is 0.0422. The van der Waals surface area contributed by atoms with Gasteiger partial charge in [0.25, 0.3) is 0 Å². The predicted molar refractivity (Wildman–Crippen MR) is 241 cm³/mol. The smallest absolute Gasteiger partial charge is 0.481 e. The minimum absolute atomic E-state index is 0.00486. The molecule has 1 aromatic heterocycles. The fourth-order valence-electron chi connectivity index (χ4n) is 7.57. The molecule has 3 rings (SSSR count). The number of hydrogen-bond donors (Lipinski definition) is 6. The fourth-order valence-corrected chi connectivity index (χ4v) is 7.57. The van der Waals surface area contributed by atoms with Crippen LogP contribution in [0.4, 0.5) is 22.0 Å². The van der Waals surface area contributed by atoms with Crippen molar-refractivity contribution < 1.29 is 70.8 Å². The molecule has 0 saturated heterocycles. The summed E-state index contributed by atoms with van der Waals surface area (Å²) in [5.74, 6) is -10.4. The third-order valence-corrected chi connectivity index (χ3v) is 11.1. The van der Waals surface area contributed by atoms with E-state index in [9.17, 15) is 56.5 Å². The molecule has 2 aromatic carbocycles. The zero-order valence-corrected chi connectivity index (χ0v) is 39.4. The van der Waals surface area contributed by atoms with Crippen LogP contribution in [0.25, 0.3) is 11.1 Å². The molecule has 68 heavy (non-hydrogen) atoms. The van der Waals surface area contributed by atoms with Crippen LogP contribution in [-0.2, 0) is 40.1 Å². The van der Waals surface area contributed by atoms with E-state index in [0.717, 1.165) is 23.8 Å². The number of carbonyl (C=O) groups excluding carboxylic acids is 5. The van der Waals surface area contributed by atoms with Crippen LogP contribution in [0.15, 0.2) is 60.8 Å². The van der Waals surface area contributed by atoms with Gasteiger partial charge in [0.15, 0.2) is 11.6 Å². The summed E-state index contributed by atoms with van der Waals surface area (Å²) in [5.41, 5.74) is 6.58. The number of aliphatic hydroxyl groups is 1. The summed E-state index contributed by atoms with van der Waals surface area (Å²) in [6, 6.07) is 11.4. The second kappa shape index (κ2) is 26.5. The van der Waals surface area contributed by atoms with Gasteiger partial charge in [-0.1, -0.05) is 65.0 Å². The standard InChI is InChI=1S/C46H63F2N5O8.C2HF3O2/c1-28(2)35(24-41(57)38(51-30(4)55)15-11-12-19-49)44(59)50-29(3)40(56)22-32(45(60)61)18-20-53(42(58)27-54)43(46(5,6)7)39-21-33(36-23-34(47)16-17-37(36)48)26-52(39)25-31-13-9-8-10-14-31;3-2(4,5)1(6)7/h8-10,13-14,16-17,21,23,26,28-29,32,35,38,43,54H,11-12,15,18-20,22,24-25,27,49H2,1-7H3,(H,50,59)(H,51,55)(H,60,61);(H,6,7)/t29-,32+,35-,38-,43-;/m0./s1. The van der Waals surface area contributed by atoms with Gasteiger partial charge in [0.1, 0.15) is 18.2 Å². The summed E-state index contributed by atoms with van der Waals surface area (Å²) in [6.45, 7) is 11.4. The number of rotatable bonds is 24. The molecule has 376 valence electrons. The van der Waals surface area contributed by atoms with Crippen molar-refractivity contribution in [2.45, 2.75) is 118 Å². The summed E-state index contributed by atoms with van der Waals surface area (Å²) in [4.78, 5) is 88.8. The van der Waals surface area contributed by atoms with E-state index >= 15 is 4.39 Å². The van der Waals surface area contributed by atoms with Gasteiger partial charge in [-0.15, -0.1) is 0 Å². The maximum absolute atomic E-state index is 15.1. The number of Topliss-reactive ketones (excluding diaryl/α,β-unsaturated/α-hetero) is 2. The van der Waals surface area contributed by atoms with Crippen LogP contribution in [0.5, 0.6) is 0 Å². The van der Waals surface area contributed by atoms with Crippen LogP contribution >= 0.6 is 0 Å². The number of hydrogen-bond acceptors (Lipinski definition) is 9. The highest BCUT2D eigenvalue weighted by Gasteiger charge is 2.39. The molecule has 20 heteroatoms. The van der Waals surface area contributed by atoms with Gasteiger partial charge in [0.05, 0.1) is 24.0 Å². The van der Waals surface area contributed by atoms with Crippen molar-refractivity contribution >= 4 is 41.2 Å². The van der Waals surface area contributed by atoms with Gasteiger partial charge in [-0.05, 0) is 80.3 Å². The van der Waals surface area contributed by atoms with E-state index in [-0.39, 0.29) is 49.1 Å². The Morgan fingerprint density at radius 2 is 1.46 bits per heavy atom. The zero-order chi connectivity index (χ0) is 51.7. The molecule has 0 bridgehead atoms. The highest BCUT2D eigenvalue weighted by molar-refractivity contribution is 5.95. The molecule has 1 heterocycles. The largest absolute Gasteiger partial charge is 0.490 e. The monoisotopic (exact) mass is 965 g/mol. The predicted octanol–water partition coefficient (Wildman–Crippen LogP) is 6.44. The lowest BCUT2D eigenvalue weighted by atomic mass is 9.82. The molecule has 7 N–H and O–H groups in total. The van der Waals surface area contributed by atoms with Crippen molar-refractivity contribution in [1.29, 1.82) is 0 Å². The Morgan fingerprint density at radius 1 is 0.838 bits per heavy atom. The molecular formula is C48H64F5N5O10. The number of nitrogens with one attached hydrogen (secondary N) is 2. The van der Waals surface area contributed by atoms with Crippen molar-refractivity contribution in [2.24, 2.45) is 28.9 Å². The number of aliphatic carboxylic acids is 2. The Labute approximate surface area is 392 Å². The lowest BCUT2D eigenvalue weighted by Gasteiger charge is -2.41. The number of ketones is 2. The van der Waals surface area contributed by atoms with E-state index in [2.05, 4.69) is 10.6 Å². The molecule has 0 fully saturated rings. The number of alkyl halides is 3. The molecule has 0 spiro atoms. The summed E-state index contributed by atoms with van der Waals surface area (Å²) < 4.78 is 63.1. The average molecular weight is 966 g/mol. The number of amides is 3. The number of aromatic nitrogens is 1. The van der Waals surface area contributed by atoms with Gasteiger partial charge < -0.3 is 41.2 Å². The van der Waals surface area contributed by atoms with Crippen LogP contribution in [0.3, 0.4) is 0 Å². The van der Waals surface area contributed by atoms with Crippen molar-refractivity contribution in [3.63, 3.8) is 0 Å². The number of benzene rings is 2. The molecule has 5 atom stereocenters. The first-order chi connectivity index (χ1) is 31.6. The number of carboxylic acid groups (broad SMARTS) is 2. The van der Waals surface area contributed by atoms with Gasteiger partial charge in [-0.3, -0.25) is 28.8 Å². The minimum Gasteiger partial charge on any atom is -0.481 e. The Bertz CT molecular complexity index is 2190. The Balaban J connectivity index is 0.00000209. The molecule has 0 saturated carbocycles. The maximum atomic E-state index is 15.1. The molecular weight excluding hydrogens is 902 g/mol. The second-order valence-corrected chi connectivity index (χ2v) is 18.0. The number of carbonyl (C=O) groups is 7. The van der Waals surface area contributed by atoms with Gasteiger partial charge in [0.2, 0.25) is 17.7 Å². The maximum Gasteiger partial charge on any atom is 0.490 e. The topological polar surface area (TPSA) is 238 Å². The molecule has 0 unspecified atom stereocenters. The Morgan fingerprint density at radius 3 is 1.97 bits per heavy atom. The van der Waals surface area contributed by atoms with Crippen LogP contribution in [-0.4, -0.2) is 104 Å². The number of halogens is 5. The van der Waals surface area contributed by atoms with E-state index in [4.69, 9.17) is 15.6 Å². The van der Waals surface area contributed by atoms with Crippen LogP contribution < -0.4 is 16.4 Å². The molecule has 0 aliphatic rings. The normalized spacial score (nSPS) is 13.8. The average Bonchev–Trinajstić information content (AvgIpc) is 3.64. The lowest BCUT2D eigenvalue weighted by molar-refractivity contribution is -0.192. The number of nitrogens with zero attached hydrogens (tertiary/aromatic N) is 2. The van der Waals surface area contributed by atoms with Crippen LogP contribution in [0.1, 0.15) is 104 Å². The summed E-state index contributed by atoms with van der Waals surface area (Å²) >= 11 is 0. The zero-order valence-electron chi connectivity index (χ0n) is 39.4. The number of nitrogens with two attached hydrogens (primary N) is 1. The van der Waals surface area contributed by atoms with E-state index in [1.165, 1.54) is 18.7 Å². The SMILES string of the molecule is CC(=O)N[C@@H](CCCCN)C(=O)C[C@H](C(=O)N[C@@H](C)C(=O)C[C@@H](CCN(C(=O)CO)[C@@H](c1cc(-c2cc(F)ccc2F)cn1Cc1ccccc1)C(C)(C)C)C(=O)O)C(C)C.O=C(O)C(F)(F)F. The Hall–Kier alpha value is -6.02. The number of unbranched alkanes of at least 4 members (excludes halogenated alkanes) is 1. The van der Waals surface area contributed by atoms with Crippen molar-refractivity contribution in [1.82, 2.24) is 20.1 Å². The van der Waals surface area contributed by atoms with Gasteiger partial charge >= 0.3 is 18.1 Å². The van der Waals surface area contributed by atoms with Crippen LogP contribution in [0.2, 0.25) is 0 Å². The van der Waals surface area contributed by atoms with E-state index < -0.39 is 95.8 Å². The van der Waals surface area contributed by atoms with E-state index in [1.807, 2.05) is 55.7 Å². The number of carboxylic acids is 2. The van der Waals surface area contributed by atoms with E-state index in [1.54, 1.807) is 26.1 Å². The highest BCUT2D eigenvalue weighted by atomic mass is 19.4. The third kappa shape index (κ3) is 18.2. The second-order valence-electron chi connectivity index (χ2n) is 18.0. The van der Waals surface area contributed by atoms with Crippen molar-refractivity contribution in [2.75, 3.05) is 19.7 Å². The third-order valence-electron chi connectivity index (χ3n) is 11.1. The summed E-state index contributed by atoms with van der Waals surface area (Å²) in [7, 11) is 0. The fraction of sp³-hybridized carbons (Fsp3) is 0.521. The Kier molecular flexibility index (Phi) is 22.6. The highest BCUT2D eigenvalue weighted by Crippen LogP contribution is 2.41. The summed E-state index contributed by atoms with van der Waals surface area (Å²) in [5, 5.41) is 33.0. The van der Waals surface area contributed by atoms with Crippen LogP contribution in [0, 0.1) is 34.8 Å². The lowest BCUT2D eigenvalue weighted by Crippen LogP contribution is -2.46. The van der Waals surface area contributed by atoms with Gasteiger partial charge in [-0.2, -0.15) is 13.2 Å². The molecule has 0 radical (unpaired) electrons. The molecule has 0 aliphatic carbocycles. The van der Waals surface area contributed by atoms with Crippen molar-refractivity contribution in [3.8, 4) is 11.1 Å².